The Morgan fingerprint density at radius 2 is 1.88 bits per heavy atom. The van der Waals surface area contributed by atoms with Crippen LogP contribution < -0.4 is 20.9 Å². The molecule has 48 heavy (non-hydrogen) atoms. The Balaban J connectivity index is 1.29. The molecule has 2 aromatic carbocycles. The number of aliphatic hydroxyl groups excluding tert-OH is 1. The Bertz CT molecular complexity index is 1500. The molecule has 2 amide bonds. The topological polar surface area (TPSA) is 106 Å². The zero-order chi connectivity index (χ0) is 34.5. The molecule has 8 atom stereocenters. The number of rotatable bonds is 12. The zero-order valence-electron chi connectivity index (χ0n) is 30.2. The van der Waals surface area contributed by atoms with Crippen molar-refractivity contribution in [2.75, 3.05) is 39.1 Å². The van der Waals surface area contributed by atoms with E-state index in [0.717, 1.165) is 46.8 Å². The Labute approximate surface area is 287 Å². The van der Waals surface area contributed by atoms with Gasteiger partial charge in [-0.2, -0.15) is 5.06 Å². The van der Waals surface area contributed by atoms with Crippen molar-refractivity contribution in [3.63, 3.8) is 0 Å². The summed E-state index contributed by atoms with van der Waals surface area (Å²) < 4.78 is 0. The van der Waals surface area contributed by atoms with Gasteiger partial charge in [0.15, 0.2) is 0 Å². The Morgan fingerprint density at radius 1 is 1.12 bits per heavy atom. The summed E-state index contributed by atoms with van der Waals surface area (Å²) in [7, 11) is 5.59. The highest BCUT2D eigenvalue weighted by atomic mass is 16.7. The number of nitrogens with one attached hydrogen (secondary N) is 3. The molecule has 0 spiro atoms. The second kappa shape index (κ2) is 13.7. The standard InChI is InChI=1S/C39H57N5O4/c1-22-26(10-9-11-31(22)27-14-28(37(46)40-6)16-30(15-27)43(7)8)21-44-36(35(24(3)45)34(48-44)20-41-19-25-12-13-25)38(47)42-33-18-29-17-32(23(33)2)39(29,4)5/h9-11,14-16,23-25,29,32-36,41,45H,12-13,17-21H2,1-8H3,(H,40,46)(H,42,47)/t23-,24-,29+,32-,33-,34-,35+,36-/m0/s1. The molecule has 4 N–H and O–H groups in total. The van der Waals surface area contributed by atoms with Gasteiger partial charge in [-0.15, -0.1) is 0 Å². The van der Waals surface area contributed by atoms with Crippen LogP contribution in [0.1, 0.15) is 74.9 Å². The fraction of sp³-hybridized carbons (Fsp3) is 0.641. The van der Waals surface area contributed by atoms with E-state index in [9.17, 15) is 14.7 Å². The maximum atomic E-state index is 14.4. The van der Waals surface area contributed by atoms with Crippen LogP contribution >= 0.6 is 0 Å². The Morgan fingerprint density at radius 3 is 2.50 bits per heavy atom. The fourth-order valence-electron chi connectivity index (χ4n) is 8.89. The van der Waals surface area contributed by atoms with E-state index in [0.29, 0.717) is 41.8 Å². The lowest BCUT2D eigenvalue weighted by molar-refractivity contribution is -0.176. The van der Waals surface area contributed by atoms with Crippen molar-refractivity contribution in [3.05, 3.63) is 53.1 Å². The molecule has 9 heteroatoms. The van der Waals surface area contributed by atoms with Gasteiger partial charge in [-0.3, -0.25) is 14.4 Å². The minimum Gasteiger partial charge on any atom is -0.393 e. The number of hydroxylamine groups is 2. The van der Waals surface area contributed by atoms with E-state index in [1.54, 1.807) is 14.0 Å². The van der Waals surface area contributed by atoms with Crippen molar-refractivity contribution >= 4 is 17.5 Å². The van der Waals surface area contributed by atoms with E-state index in [4.69, 9.17) is 4.84 Å². The number of nitrogens with zero attached hydrogens (tertiary/aromatic N) is 2. The summed E-state index contributed by atoms with van der Waals surface area (Å²) in [6.45, 7) is 12.9. The van der Waals surface area contributed by atoms with Gasteiger partial charge in [0.25, 0.3) is 5.91 Å². The molecule has 5 fully saturated rings. The van der Waals surface area contributed by atoms with E-state index < -0.39 is 12.1 Å². The normalized spacial score (nSPS) is 30.0. The van der Waals surface area contributed by atoms with Crippen LogP contribution in [0.25, 0.3) is 11.1 Å². The molecule has 1 aliphatic heterocycles. The molecule has 4 aliphatic carbocycles. The maximum absolute atomic E-state index is 14.4. The van der Waals surface area contributed by atoms with E-state index in [2.05, 4.69) is 61.8 Å². The van der Waals surface area contributed by atoms with Gasteiger partial charge in [0.05, 0.1) is 18.8 Å². The average Bonchev–Trinajstić information content (AvgIpc) is 3.80. The molecule has 262 valence electrons. The highest BCUT2D eigenvalue weighted by molar-refractivity contribution is 5.96. The smallest absolute Gasteiger partial charge is 0.251 e. The Hall–Kier alpha value is -2.98. The quantitative estimate of drug-likeness (QED) is 0.261. The minimum atomic E-state index is -0.723. The number of amides is 2. The van der Waals surface area contributed by atoms with Gasteiger partial charge in [0.2, 0.25) is 5.91 Å². The third kappa shape index (κ3) is 6.76. The summed E-state index contributed by atoms with van der Waals surface area (Å²) in [6, 6.07) is 11.6. The highest BCUT2D eigenvalue weighted by Gasteiger charge is 2.57. The second-order valence-electron chi connectivity index (χ2n) is 16.0. The first-order chi connectivity index (χ1) is 22.8. The number of benzene rings is 2. The third-order valence-corrected chi connectivity index (χ3v) is 12.4. The molecule has 5 aliphatic rings. The van der Waals surface area contributed by atoms with Crippen LogP contribution in [-0.2, 0) is 16.2 Å². The SMILES string of the molecule is CNC(=O)c1cc(-c2cccc(CN3O[C@@H](CNCC4CC4)[C@@H]([C@H](C)O)[C@H]3C(=O)N[C@H]3C[C@H]4C[C@@H]([C@@H]3C)C4(C)C)c2C)cc(N(C)C)c1. The first kappa shape index (κ1) is 34.9. The molecule has 2 bridgehead atoms. The number of carbonyl (C=O) groups excluding carboxylic acids is 2. The van der Waals surface area contributed by atoms with Gasteiger partial charge in [-0.1, -0.05) is 39.0 Å². The van der Waals surface area contributed by atoms with E-state index in [1.807, 2.05) is 42.3 Å². The molecular weight excluding hydrogens is 602 g/mol. The predicted octanol–water partition coefficient (Wildman–Crippen LogP) is 4.76. The van der Waals surface area contributed by atoms with Crippen LogP contribution in [0.15, 0.2) is 36.4 Å². The minimum absolute atomic E-state index is 0.0516. The highest BCUT2D eigenvalue weighted by Crippen LogP contribution is 2.61. The van der Waals surface area contributed by atoms with Crippen molar-refractivity contribution in [2.45, 2.75) is 91.1 Å². The van der Waals surface area contributed by atoms with Gasteiger partial charge in [-0.05, 0) is 116 Å². The van der Waals surface area contributed by atoms with Gasteiger partial charge in [0, 0.05) is 50.9 Å². The van der Waals surface area contributed by atoms with E-state index >= 15 is 0 Å². The van der Waals surface area contributed by atoms with E-state index in [1.165, 1.54) is 19.3 Å². The van der Waals surface area contributed by atoms with Crippen molar-refractivity contribution in [2.24, 2.45) is 35.0 Å². The Kier molecular flexibility index (Phi) is 9.98. The summed E-state index contributed by atoms with van der Waals surface area (Å²) in [5.74, 6) is 1.81. The molecule has 1 saturated heterocycles. The lowest BCUT2D eigenvalue weighted by atomic mass is 9.45. The van der Waals surface area contributed by atoms with Crippen LogP contribution in [0.5, 0.6) is 0 Å². The molecular formula is C39H57N5O4. The van der Waals surface area contributed by atoms with Crippen molar-refractivity contribution in [1.29, 1.82) is 0 Å². The third-order valence-electron chi connectivity index (χ3n) is 12.4. The molecule has 1 heterocycles. The summed E-state index contributed by atoms with van der Waals surface area (Å²) in [5.41, 5.74) is 5.94. The summed E-state index contributed by atoms with van der Waals surface area (Å²) in [6.07, 6.45) is 3.71. The number of anilines is 1. The summed E-state index contributed by atoms with van der Waals surface area (Å²) >= 11 is 0. The predicted molar refractivity (Wildman–Crippen MR) is 190 cm³/mol. The number of hydrogen-bond donors (Lipinski definition) is 4. The molecule has 7 rings (SSSR count). The fourth-order valence-corrected chi connectivity index (χ4v) is 8.89. The average molecular weight is 660 g/mol. The van der Waals surface area contributed by atoms with Crippen LogP contribution in [-0.4, -0.2) is 80.5 Å². The van der Waals surface area contributed by atoms with Crippen molar-refractivity contribution in [3.8, 4) is 11.1 Å². The molecule has 0 radical (unpaired) electrons. The van der Waals surface area contributed by atoms with Gasteiger partial charge in [-0.25, -0.2) is 0 Å². The van der Waals surface area contributed by atoms with Crippen molar-refractivity contribution < 1.29 is 19.5 Å². The first-order valence-electron chi connectivity index (χ1n) is 18.1. The summed E-state index contributed by atoms with van der Waals surface area (Å²) in [5, 5.41) is 22.8. The van der Waals surface area contributed by atoms with Crippen LogP contribution in [0.4, 0.5) is 5.69 Å². The van der Waals surface area contributed by atoms with Crippen LogP contribution in [0, 0.1) is 41.9 Å². The number of fused-ring (bicyclic) bond motifs is 2. The van der Waals surface area contributed by atoms with Gasteiger partial charge < -0.3 is 26.0 Å². The van der Waals surface area contributed by atoms with Crippen LogP contribution in [0.2, 0.25) is 0 Å². The molecule has 2 aromatic rings. The number of hydrogen-bond acceptors (Lipinski definition) is 7. The second-order valence-corrected chi connectivity index (χ2v) is 16.0. The number of carbonyl (C=O) groups is 2. The lowest BCUT2D eigenvalue weighted by Crippen LogP contribution is -2.62. The molecule has 0 unspecified atom stereocenters. The zero-order valence-corrected chi connectivity index (χ0v) is 30.2. The monoisotopic (exact) mass is 659 g/mol. The molecule has 0 aromatic heterocycles. The van der Waals surface area contributed by atoms with Crippen molar-refractivity contribution in [1.82, 2.24) is 21.0 Å². The molecule has 9 nitrogen and oxygen atoms in total. The lowest BCUT2D eigenvalue weighted by Gasteiger charge is -2.62. The molecule has 4 saturated carbocycles. The first-order valence-corrected chi connectivity index (χ1v) is 18.1. The van der Waals surface area contributed by atoms with Gasteiger partial charge >= 0.3 is 0 Å². The summed E-state index contributed by atoms with van der Waals surface area (Å²) in [4.78, 5) is 35.7. The van der Waals surface area contributed by atoms with Gasteiger partial charge in [0.1, 0.15) is 6.04 Å². The largest absolute Gasteiger partial charge is 0.393 e. The number of aliphatic hydroxyl groups is 1. The maximum Gasteiger partial charge on any atom is 0.251 e. The van der Waals surface area contributed by atoms with Crippen LogP contribution in [0.3, 0.4) is 0 Å². The van der Waals surface area contributed by atoms with E-state index in [-0.39, 0.29) is 29.9 Å².